The number of hydrogen-bond donors (Lipinski definition) is 1. The lowest BCUT2D eigenvalue weighted by molar-refractivity contribution is 0.411. The summed E-state index contributed by atoms with van der Waals surface area (Å²) in [5, 5.41) is 0. The fourth-order valence-electron chi connectivity index (χ4n) is 2.19. The highest BCUT2D eigenvalue weighted by Gasteiger charge is 2.31. The summed E-state index contributed by atoms with van der Waals surface area (Å²) in [5.74, 6) is 0.496. The Balaban J connectivity index is 2.21. The molecule has 1 aromatic carbocycles. The Morgan fingerprint density at radius 3 is 2.55 bits per heavy atom. The average molecular weight is 319 g/mol. The Bertz CT molecular complexity index is 709. The maximum absolute atomic E-state index is 12.2. The number of aryl methyl sites for hydroxylation is 1. The van der Waals surface area contributed by atoms with Gasteiger partial charge in [-0.05, 0) is 37.1 Å². The number of benzene rings is 1. The summed E-state index contributed by atoms with van der Waals surface area (Å²) in [6, 6.07) is 3.98. The van der Waals surface area contributed by atoms with E-state index in [2.05, 4.69) is 4.72 Å². The van der Waals surface area contributed by atoms with Crippen LogP contribution < -0.4 is 9.46 Å². The fraction of sp³-hybridized carbons (Fsp3) is 0.500. The minimum absolute atomic E-state index is 0.0296. The van der Waals surface area contributed by atoms with Crippen LogP contribution >= 0.6 is 0 Å². The first-order valence-electron chi connectivity index (χ1n) is 6.11. The van der Waals surface area contributed by atoms with E-state index in [0.717, 1.165) is 0 Å². The van der Waals surface area contributed by atoms with Crippen LogP contribution in [-0.4, -0.2) is 41.5 Å². The second-order valence-electron chi connectivity index (χ2n) is 4.85. The molecule has 1 aromatic rings. The lowest BCUT2D eigenvalue weighted by Crippen LogP contribution is -2.35. The molecule has 6 nitrogen and oxygen atoms in total. The number of sulfonamides is 1. The van der Waals surface area contributed by atoms with Crippen molar-refractivity contribution in [3.63, 3.8) is 0 Å². The third-order valence-electron chi connectivity index (χ3n) is 3.23. The van der Waals surface area contributed by atoms with Crippen molar-refractivity contribution in [1.82, 2.24) is 4.72 Å². The van der Waals surface area contributed by atoms with Crippen LogP contribution in [0.1, 0.15) is 12.0 Å². The normalized spacial score (nSPS) is 21.8. The highest BCUT2D eigenvalue weighted by atomic mass is 32.2. The van der Waals surface area contributed by atoms with Gasteiger partial charge in [0, 0.05) is 6.04 Å². The molecule has 8 heteroatoms. The molecule has 0 radical (unpaired) electrons. The maximum Gasteiger partial charge on any atom is 0.240 e. The van der Waals surface area contributed by atoms with E-state index in [0.29, 0.717) is 17.7 Å². The molecule has 1 atom stereocenters. The van der Waals surface area contributed by atoms with Gasteiger partial charge < -0.3 is 4.74 Å². The second-order valence-corrected chi connectivity index (χ2v) is 8.80. The first-order chi connectivity index (χ1) is 9.23. The highest BCUT2D eigenvalue weighted by molar-refractivity contribution is 7.92. The quantitative estimate of drug-likeness (QED) is 0.871. The van der Waals surface area contributed by atoms with Crippen molar-refractivity contribution in [2.24, 2.45) is 0 Å². The van der Waals surface area contributed by atoms with Crippen LogP contribution in [-0.2, 0) is 19.9 Å². The van der Waals surface area contributed by atoms with E-state index in [9.17, 15) is 16.8 Å². The summed E-state index contributed by atoms with van der Waals surface area (Å²) >= 11 is 0. The summed E-state index contributed by atoms with van der Waals surface area (Å²) in [6.07, 6.45) is 0.316. The van der Waals surface area contributed by atoms with Crippen LogP contribution in [0, 0.1) is 6.92 Å². The maximum atomic E-state index is 12.2. The molecule has 0 amide bonds. The molecule has 0 unspecified atom stereocenters. The summed E-state index contributed by atoms with van der Waals surface area (Å²) in [4.78, 5) is 0.111. The van der Waals surface area contributed by atoms with Crippen LogP contribution in [0.4, 0.5) is 0 Å². The molecule has 1 N–H and O–H groups in total. The Labute approximate surface area is 119 Å². The first kappa shape index (κ1) is 15.3. The van der Waals surface area contributed by atoms with Crippen LogP contribution in [0.15, 0.2) is 23.1 Å². The number of hydrogen-bond acceptors (Lipinski definition) is 5. The number of methoxy groups -OCH3 is 1. The van der Waals surface area contributed by atoms with Gasteiger partial charge in [0.1, 0.15) is 5.75 Å². The molecule has 2 rings (SSSR count). The molecule has 112 valence electrons. The topological polar surface area (TPSA) is 89.5 Å². The van der Waals surface area contributed by atoms with Gasteiger partial charge in [-0.15, -0.1) is 0 Å². The van der Waals surface area contributed by atoms with E-state index >= 15 is 0 Å². The lowest BCUT2D eigenvalue weighted by Gasteiger charge is -2.13. The molecular weight excluding hydrogens is 302 g/mol. The minimum atomic E-state index is -3.71. The smallest absolute Gasteiger partial charge is 0.240 e. The van der Waals surface area contributed by atoms with Crippen molar-refractivity contribution >= 4 is 19.9 Å². The predicted molar refractivity (Wildman–Crippen MR) is 75.1 cm³/mol. The number of rotatable bonds is 4. The third-order valence-corrected chi connectivity index (χ3v) is 6.52. The van der Waals surface area contributed by atoms with Gasteiger partial charge in [0.15, 0.2) is 9.84 Å². The van der Waals surface area contributed by atoms with Gasteiger partial charge in [-0.1, -0.05) is 0 Å². The Kier molecular flexibility index (Phi) is 4.08. The van der Waals surface area contributed by atoms with Gasteiger partial charge in [0.05, 0.1) is 23.5 Å². The molecule has 20 heavy (non-hydrogen) atoms. The Morgan fingerprint density at radius 2 is 2.05 bits per heavy atom. The lowest BCUT2D eigenvalue weighted by atomic mass is 10.2. The zero-order valence-corrected chi connectivity index (χ0v) is 12.9. The molecule has 1 fully saturated rings. The standard InChI is InChI=1S/C12H17NO5S2/c1-9-7-11(3-4-12(9)18-2)20(16,17)13-10-5-6-19(14,15)8-10/h3-4,7,10,13H,5-6,8H2,1-2H3/t10-/m1/s1. The highest BCUT2D eigenvalue weighted by Crippen LogP contribution is 2.22. The molecule has 1 heterocycles. The van der Waals surface area contributed by atoms with E-state index in [4.69, 9.17) is 4.74 Å². The Morgan fingerprint density at radius 1 is 1.35 bits per heavy atom. The van der Waals surface area contributed by atoms with Crippen LogP contribution in [0.25, 0.3) is 0 Å². The van der Waals surface area contributed by atoms with Gasteiger partial charge in [-0.2, -0.15) is 0 Å². The van der Waals surface area contributed by atoms with Crippen molar-refractivity contribution in [3.05, 3.63) is 23.8 Å². The number of sulfone groups is 1. The van der Waals surface area contributed by atoms with E-state index in [-0.39, 0.29) is 16.4 Å². The monoisotopic (exact) mass is 319 g/mol. The van der Waals surface area contributed by atoms with Gasteiger partial charge in [0.2, 0.25) is 10.0 Å². The second kappa shape index (κ2) is 5.34. The molecule has 0 spiro atoms. The molecule has 1 aliphatic rings. The van der Waals surface area contributed by atoms with Gasteiger partial charge >= 0.3 is 0 Å². The molecule has 0 saturated carbocycles. The van der Waals surface area contributed by atoms with Crippen LogP contribution in [0.2, 0.25) is 0 Å². The summed E-state index contributed by atoms with van der Waals surface area (Å²) in [5.41, 5.74) is 0.703. The third kappa shape index (κ3) is 3.31. The predicted octanol–water partition coefficient (Wildman–Crippen LogP) is 0.469. The van der Waals surface area contributed by atoms with Crippen molar-refractivity contribution in [2.45, 2.75) is 24.3 Å². The molecular formula is C12H17NO5S2. The van der Waals surface area contributed by atoms with Crippen molar-refractivity contribution in [1.29, 1.82) is 0 Å². The average Bonchev–Trinajstić information content (AvgIpc) is 2.67. The number of ether oxygens (including phenoxy) is 1. The summed E-state index contributed by atoms with van der Waals surface area (Å²) < 4.78 is 54.6. The first-order valence-corrected chi connectivity index (χ1v) is 9.41. The van der Waals surface area contributed by atoms with E-state index < -0.39 is 25.9 Å². The van der Waals surface area contributed by atoms with Crippen molar-refractivity contribution in [2.75, 3.05) is 18.6 Å². The van der Waals surface area contributed by atoms with E-state index in [1.54, 1.807) is 13.0 Å². The van der Waals surface area contributed by atoms with Crippen LogP contribution in [0.3, 0.4) is 0 Å². The molecule has 1 saturated heterocycles. The van der Waals surface area contributed by atoms with Gasteiger partial charge in [0.25, 0.3) is 0 Å². The minimum Gasteiger partial charge on any atom is -0.496 e. The largest absolute Gasteiger partial charge is 0.496 e. The summed E-state index contributed by atoms with van der Waals surface area (Å²) in [6.45, 7) is 1.75. The Hall–Kier alpha value is -1.12. The van der Waals surface area contributed by atoms with Gasteiger partial charge in [-0.3, -0.25) is 0 Å². The van der Waals surface area contributed by atoms with Gasteiger partial charge in [-0.25, -0.2) is 21.6 Å². The SMILES string of the molecule is COc1ccc(S(=O)(=O)N[C@@H]2CCS(=O)(=O)C2)cc1C. The number of nitrogens with one attached hydrogen (secondary N) is 1. The zero-order valence-electron chi connectivity index (χ0n) is 11.3. The summed E-state index contributed by atoms with van der Waals surface area (Å²) in [7, 11) is -5.32. The van der Waals surface area contributed by atoms with E-state index in [1.807, 2.05) is 0 Å². The molecule has 0 aromatic heterocycles. The fourth-order valence-corrected chi connectivity index (χ4v) is 5.33. The van der Waals surface area contributed by atoms with Crippen LogP contribution in [0.5, 0.6) is 5.75 Å². The van der Waals surface area contributed by atoms with E-state index in [1.165, 1.54) is 19.2 Å². The molecule has 0 bridgehead atoms. The zero-order chi connectivity index (χ0) is 15.0. The van der Waals surface area contributed by atoms with Crippen molar-refractivity contribution < 1.29 is 21.6 Å². The molecule has 1 aliphatic heterocycles. The molecule has 0 aliphatic carbocycles. The van der Waals surface area contributed by atoms with Crippen molar-refractivity contribution in [3.8, 4) is 5.75 Å².